The van der Waals surface area contributed by atoms with E-state index >= 15 is 0 Å². The monoisotopic (exact) mass is 536 g/mol. The lowest BCUT2D eigenvalue weighted by atomic mass is 9.79. The molecule has 2 aliphatic rings. The number of methoxy groups -OCH3 is 1. The van der Waals surface area contributed by atoms with Crippen molar-refractivity contribution < 1.29 is 4.74 Å². The van der Waals surface area contributed by atoms with Crippen LogP contribution >= 0.6 is 23.8 Å². The van der Waals surface area contributed by atoms with Crippen molar-refractivity contribution >= 4 is 46.4 Å². The number of para-hydroxylation sites is 1. The van der Waals surface area contributed by atoms with E-state index in [1.807, 2.05) is 24.3 Å². The van der Waals surface area contributed by atoms with Crippen LogP contribution in [0.15, 0.2) is 60.7 Å². The number of anilines is 3. The van der Waals surface area contributed by atoms with E-state index in [4.69, 9.17) is 33.5 Å². The van der Waals surface area contributed by atoms with Gasteiger partial charge in [-0.3, -0.25) is 0 Å². The number of nitrogens with zero attached hydrogens (tertiary/aromatic N) is 4. The van der Waals surface area contributed by atoms with Gasteiger partial charge in [0.1, 0.15) is 5.82 Å². The molecule has 2 N–H and O–H groups in total. The number of thiocarbonyl (C=S) groups is 1. The molecular weight excluding hydrogens is 504 g/mol. The summed E-state index contributed by atoms with van der Waals surface area (Å²) in [6, 6.07) is 20.6. The van der Waals surface area contributed by atoms with Gasteiger partial charge >= 0.3 is 0 Å². The summed E-state index contributed by atoms with van der Waals surface area (Å²) in [4.78, 5) is 13.9. The van der Waals surface area contributed by atoms with Crippen LogP contribution in [0.2, 0.25) is 5.02 Å². The fourth-order valence-corrected chi connectivity index (χ4v) is 5.75. The minimum Gasteiger partial charge on any atom is -0.481 e. The molecule has 194 valence electrons. The number of piperazine rings is 1. The zero-order valence-electron chi connectivity index (χ0n) is 21.1. The Kier molecular flexibility index (Phi) is 7.96. The molecule has 1 saturated carbocycles. The number of ether oxygens (including phenoxy) is 1. The number of benzene rings is 2. The molecule has 1 aromatic heterocycles. The minimum absolute atomic E-state index is 0.0233. The SMILES string of the molecule is COc1cc(N2CCN(c3ccccc3)CC2)nc(NC(=S)NCC2(c3cccc(Cl)c3)CCCC2)n1. The van der Waals surface area contributed by atoms with E-state index in [1.54, 1.807) is 7.11 Å². The van der Waals surface area contributed by atoms with Crippen LogP contribution < -0.4 is 25.2 Å². The van der Waals surface area contributed by atoms with Crippen LogP contribution in [-0.2, 0) is 5.41 Å². The van der Waals surface area contributed by atoms with Gasteiger partial charge in [0.2, 0.25) is 11.8 Å². The number of halogens is 1. The van der Waals surface area contributed by atoms with Crippen LogP contribution in [0.4, 0.5) is 17.5 Å². The Bertz CT molecular complexity index is 1210. The van der Waals surface area contributed by atoms with Crippen molar-refractivity contribution in [3.8, 4) is 5.88 Å². The van der Waals surface area contributed by atoms with Crippen LogP contribution in [0.1, 0.15) is 31.2 Å². The van der Waals surface area contributed by atoms with Crippen molar-refractivity contribution in [3.05, 3.63) is 71.2 Å². The molecule has 37 heavy (non-hydrogen) atoms. The van der Waals surface area contributed by atoms with Crippen LogP contribution in [0.25, 0.3) is 0 Å². The Morgan fingerprint density at radius 1 is 0.973 bits per heavy atom. The molecular formula is C28H33ClN6OS. The first-order chi connectivity index (χ1) is 18.0. The number of nitrogens with one attached hydrogen (secondary N) is 2. The van der Waals surface area contributed by atoms with Gasteiger partial charge in [-0.25, -0.2) is 0 Å². The first-order valence-corrected chi connectivity index (χ1v) is 13.6. The predicted molar refractivity (Wildman–Crippen MR) is 155 cm³/mol. The lowest BCUT2D eigenvalue weighted by molar-refractivity contribution is 0.397. The Balaban J connectivity index is 1.23. The third-order valence-electron chi connectivity index (χ3n) is 7.43. The quantitative estimate of drug-likeness (QED) is 0.396. The highest BCUT2D eigenvalue weighted by Crippen LogP contribution is 2.41. The van der Waals surface area contributed by atoms with Gasteiger partial charge in [0, 0.05) is 54.9 Å². The predicted octanol–water partition coefficient (Wildman–Crippen LogP) is 5.26. The van der Waals surface area contributed by atoms with Gasteiger partial charge in [-0.2, -0.15) is 9.97 Å². The maximum atomic E-state index is 6.31. The van der Waals surface area contributed by atoms with Crippen LogP contribution in [0.3, 0.4) is 0 Å². The topological polar surface area (TPSA) is 65.6 Å². The van der Waals surface area contributed by atoms with Crippen molar-refractivity contribution in [1.29, 1.82) is 0 Å². The van der Waals surface area contributed by atoms with Gasteiger partial charge in [-0.1, -0.05) is 54.8 Å². The first kappa shape index (κ1) is 25.5. The van der Waals surface area contributed by atoms with Crippen LogP contribution in [-0.4, -0.2) is 54.9 Å². The Labute approximate surface area is 229 Å². The van der Waals surface area contributed by atoms with E-state index in [2.05, 4.69) is 61.8 Å². The van der Waals surface area contributed by atoms with Gasteiger partial charge in [0.05, 0.1) is 7.11 Å². The van der Waals surface area contributed by atoms with Crippen molar-refractivity contribution in [1.82, 2.24) is 15.3 Å². The second-order valence-corrected chi connectivity index (χ2v) is 10.6. The van der Waals surface area contributed by atoms with Crippen molar-refractivity contribution in [2.45, 2.75) is 31.1 Å². The van der Waals surface area contributed by atoms with E-state index in [1.165, 1.54) is 24.1 Å². The second kappa shape index (κ2) is 11.5. The molecule has 0 atom stereocenters. The number of hydrogen-bond acceptors (Lipinski definition) is 6. The van der Waals surface area contributed by atoms with E-state index in [0.717, 1.165) is 56.4 Å². The summed E-state index contributed by atoms with van der Waals surface area (Å²) in [6.07, 6.45) is 4.62. The molecule has 0 bridgehead atoms. The highest BCUT2D eigenvalue weighted by atomic mass is 35.5. The Hall–Kier alpha value is -3.10. The van der Waals surface area contributed by atoms with Gasteiger partial charge in [0.25, 0.3) is 0 Å². The van der Waals surface area contributed by atoms with Gasteiger partial charge in [0.15, 0.2) is 5.11 Å². The van der Waals surface area contributed by atoms with Crippen molar-refractivity contribution in [2.75, 3.05) is 55.0 Å². The summed E-state index contributed by atoms with van der Waals surface area (Å²) < 4.78 is 5.48. The molecule has 0 amide bonds. The highest BCUT2D eigenvalue weighted by molar-refractivity contribution is 7.80. The molecule has 0 spiro atoms. The maximum absolute atomic E-state index is 6.31. The fourth-order valence-electron chi connectivity index (χ4n) is 5.40. The molecule has 5 rings (SSSR count). The first-order valence-electron chi connectivity index (χ1n) is 12.8. The van der Waals surface area contributed by atoms with Crippen molar-refractivity contribution in [2.24, 2.45) is 0 Å². The average Bonchev–Trinajstić information content (AvgIpc) is 3.43. The average molecular weight is 537 g/mol. The summed E-state index contributed by atoms with van der Waals surface area (Å²) in [5.41, 5.74) is 2.54. The summed E-state index contributed by atoms with van der Waals surface area (Å²) in [7, 11) is 1.62. The van der Waals surface area contributed by atoms with Crippen LogP contribution in [0, 0.1) is 0 Å². The third kappa shape index (κ3) is 6.08. The minimum atomic E-state index is 0.0233. The molecule has 2 heterocycles. The van der Waals surface area contributed by atoms with E-state index < -0.39 is 0 Å². The van der Waals surface area contributed by atoms with E-state index in [9.17, 15) is 0 Å². The molecule has 9 heteroatoms. The Morgan fingerprint density at radius 2 is 1.70 bits per heavy atom. The molecule has 3 aromatic rings. The smallest absolute Gasteiger partial charge is 0.234 e. The van der Waals surface area contributed by atoms with Gasteiger partial charge in [-0.15, -0.1) is 0 Å². The lowest BCUT2D eigenvalue weighted by Crippen LogP contribution is -2.47. The fraction of sp³-hybridized carbons (Fsp3) is 0.393. The van der Waals surface area contributed by atoms with Crippen LogP contribution in [0.5, 0.6) is 5.88 Å². The lowest BCUT2D eigenvalue weighted by Gasteiger charge is -2.36. The summed E-state index contributed by atoms with van der Waals surface area (Å²) in [6.45, 7) is 4.30. The highest BCUT2D eigenvalue weighted by Gasteiger charge is 2.35. The van der Waals surface area contributed by atoms with E-state index in [-0.39, 0.29) is 5.41 Å². The largest absolute Gasteiger partial charge is 0.481 e. The summed E-state index contributed by atoms with van der Waals surface area (Å²) in [5, 5.41) is 7.89. The molecule has 1 aliphatic carbocycles. The molecule has 1 saturated heterocycles. The van der Waals surface area contributed by atoms with Crippen molar-refractivity contribution in [3.63, 3.8) is 0 Å². The zero-order valence-corrected chi connectivity index (χ0v) is 22.7. The molecule has 2 aromatic carbocycles. The summed E-state index contributed by atoms with van der Waals surface area (Å²) in [5.74, 6) is 1.77. The number of rotatable bonds is 7. The second-order valence-electron chi connectivity index (χ2n) is 9.71. The molecule has 7 nitrogen and oxygen atoms in total. The number of hydrogen-bond donors (Lipinski definition) is 2. The molecule has 2 fully saturated rings. The normalized spacial score (nSPS) is 16.9. The van der Waals surface area contributed by atoms with E-state index in [0.29, 0.717) is 16.9 Å². The Morgan fingerprint density at radius 3 is 2.41 bits per heavy atom. The van der Waals surface area contributed by atoms with Gasteiger partial charge in [-0.05, 0) is 54.9 Å². The number of aromatic nitrogens is 2. The molecule has 0 unspecified atom stereocenters. The molecule has 0 radical (unpaired) electrons. The van der Waals surface area contributed by atoms with Gasteiger partial charge < -0.3 is 25.2 Å². The summed E-state index contributed by atoms with van der Waals surface area (Å²) >= 11 is 12.0. The third-order valence-corrected chi connectivity index (χ3v) is 7.92. The molecule has 1 aliphatic heterocycles. The maximum Gasteiger partial charge on any atom is 0.234 e. The standard InChI is InChI=1S/C28H33ClN6OS/c1-36-25-19-24(35-16-14-34(15-17-35)23-10-3-2-4-11-23)31-26(32-25)33-27(37)30-20-28(12-5-6-13-28)21-8-7-9-22(29)18-21/h2-4,7-11,18-19H,5-6,12-17,20H2,1H3,(H2,30,31,32,33,37). The zero-order chi connectivity index (χ0) is 25.7.